The fraction of sp³-hybridized carbons (Fsp3) is 0.0526. The molecule has 0 fully saturated rings. The molecule has 0 radical (unpaired) electrons. The molecule has 24 heavy (non-hydrogen) atoms. The Bertz CT molecular complexity index is 701. The number of hydrogen-bond acceptors (Lipinski definition) is 0. The monoisotopic (exact) mass is 410 g/mol. The van der Waals surface area contributed by atoms with E-state index in [4.69, 9.17) is 46.4 Å². The zero-order chi connectivity index (χ0) is 17.2. The molecule has 122 valence electrons. The highest BCUT2D eigenvalue weighted by Crippen LogP contribution is 2.15. The zero-order valence-corrected chi connectivity index (χ0v) is 16.7. The van der Waals surface area contributed by atoms with E-state index in [1.54, 1.807) is 0 Å². The van der Waals surface area contributed by atoms with Crippen molar-refractivity contribution in [3.8, 4) is 0 Å². The van der Waals surface area contributed by atoms with Crippen LogP contribution in [0.5, 0.6) is 0 Å². The Hall–Kier alpha value is -0.963. The summed E-state index contributed by atoms with van der Waals surface area (Å²) in [7, 11) is -2.38. The average molecular weight is 412 g/mol. The van der Waals surface area contributed by atoms with Crippen LogP contribution in [-0.4, -0.2) is 13.6 Å². The van der Waals surface area contributed by atoms with Crippen LogP contribution < -0.4 is 15.6 Å². The Morgan fingerprint density at radius 3 is 0.958 bits per heavy atom. The lowest BCUT2D eigenvalue weighted by molar-refractivity contribution is 1.65. The SMILES string of the molecule is ClC[Si](c1ccc(Cl)cc1)(c1ccc(Cl)cc1)c1ccc(Cl)cc1. The van der Waals surface area contributed by atoms with E-state index in [0.717, 1.165) is 0 Å². The summed E-state index contributed by atoms with van der Waals surface area (Å²) in [5.74, 6) is 0. The van der Waals surface area contributed by atoms with Gasteiger partial charge in [-0.05, 0) is 52.0 Å². The molecule has 0 amide bonds. The Morgan fingerprint density at radius 1 is 0.500 bits per heavy atom. The van der Waals surface area contributed by atoms with Crippen molar-refractivity contribution >= 4 is 70.0 Å². The second kappa shape index (κ2) is 7.51. The molecular weight excluding hydrogens is 398 g/mol. The Balaban J connectivity index is 2.27. The third-order valence-corrected chi connectivity index (χ3v) is 10.5. The number of halogens is 4. The van der Waals surface area contributed by atoms with Crippen molar-refractivity contribution in [2.75, 3.05) is 5.50 Å². The van der Waals surface area contributed by atoms with Crippen molar-refractivity contribution in [1.82, 2.24) is 0 Å². The number of benzene rings is 3. The third kappa shape index (κ3) is 3.37. The molecule has 5 heteroatoms. The summed E-state index contributed by atoms with van der Waals surface area (Å²) < 4.78 is 0. The fourth-order valence-corrected chi connectivity index (χ4v) is 8.37. The minimum absolute atomic E-state index is 0.512. The molecule has 0 aliphatic rings. The Labute approximate surface area is 163 Å². The van der Waals surface area contributed by atoms with E-state index in [-0.39, 0.29) is 0 Å². The first kappa shape index (κ1) is 17.8. The first-order chi connectivity index (χ1) is 11.6. The van der Waals surface area contributed by atoms with E-state index in [2.05, 4.69) is 36.4 Å². The molecule has 0 atom stereocenters. The maximum absolute atomic E-state index is 6.61. The maximum Gasteiger partial charge on any atom is 0.162 e. The molecule has 0 aliphatic carbocycles. The minimum Gasteiger partial charge on any atom is -0.129 e. The smallest absolute Gasteiger partial charge is 0.129 e. The predicted octanol–water partition coefficient (Wildman–Crippen LogP) is 4.90. The van der Waals surface area contributed by atoms with Gasteiger partial charge in [-0.1, -0.05) is 71.2 Å². The standard InChI is InChI=1S/C19H14Cl4Si/c20-13-24(17-7-1-14(21)2-8-17,18-9-3-15(22)4-10-18)19-11-5-16(23)6-12-19/h1-12H,13H2. The fourth-order valence-electron chi connectivity index (χ4n) is 2.93. The van der Waals surface area contributed by atoms with Gasteiger partial charge >= 0.3 is 0 Å². The van der Waals surface area contributed by atoms with Crippen LogP contribution in [-0.2, 0) is 0 Å². The van der Waals surface area contributed by atoms with E-state index in [1.807, 2.05) is 36.4 Å². The maximum atomic E-state index is 6.61. The van der Waals surface area contributed by atoms with E-state index < -0.39 is 8.07 Å². The molecule has 3 aromatic carbocycles. The van der Waals surface area contributed by atoms with Gasteiger partial charge in [0.05, 0.1) is 0 Å². The summed E-state index contributed by atoms with van der Waals surface area (Å²) in [4.78, 5) is 0. The van der Waals surface area contributed by atoms with Gasteiger partial charge in [-0.2, -0.15) is 0 Å². The molecule has 3 rings (SSSR count). The van der Waals surface area contributed by atoms with Crippen LogP contribution in [0.2, 0.25) is 15.1 Å². The summed E-state index contributed by atoms with van der Waals surface area (Å²) in [5, 5.41) is 5.74. The molecule has 0 aliphatic heterocycles. The second-order valence-electron chi connectivity index (χ2n) is 5.56. The Morgan fingerprint density at radius 2 is 0.750 bits per heavy atom. The predicted molar refractivity (Wildman–Crippen MR) is 110 cm³/mol. The zero-order valence-electron chi connectivity index (χ0n) is 12.6. The van der Waals surface area contributed by atoms with Crippen molar-refractivity contribution in [3.05, 3.63) is 87.9 Å². The quantitative estimate of drug-likeness (QED) is 0.325. The summed E-state index contributed by atoms with van der Waals surface area (Å²) in [6.07, 6.45) is 0. The molecule has 0 aromatic heterocycles. The summed E-state index contributed by atoms with van der Waals surface area (Å²) in [6.45, 7) is 0. The molecule has 0 N–H and O–H groups in total. The van der Waals surface area contributed by atoms with E-state index in [1.165, 1.54) is 15.6 Å². The van der Waals surface area contributed by atoms with Crippen LogP contribution in [0.15, 0.2) is 72.8 Å². The van der Waals surface area contributed by atoms with E-state index in [0.29, 0.717) is 20.6 Å². The molecule has 0 saturated heterocycles. The van der Waals surface area contributed by atoms with Crippen molar-refractivity contribution in [2.45, 2.75) is 0 Å². The van der Waals surface area contributed by atoms with E-state index in [9.17, 15) is 0 Å². The second-order valence-corrected chi connectivity index (χ2v) is 11.5. The number of rotatable bonds is 4. The van der Waals surface area contributed by atoms with Gasteiger partial charge in [0, 0.05) is 20.6 Å². The summed E-state index contributed by atoms with van der Waals surface area (Å²) in [5.41, 5.74) is 0.512. The third-order valence-electron chi connectivity index (χ3n) is 4.21. The number of hydrogen-bond donors (Lipinski definition) is 0. The van der Waals surface area contributed by atoms with Crippen LogP contribution >= 0.6 is 46.4 Å². The van der Waals surface area contributed by atoms with Gasteiger partial charge in [0.1, 0.15) is 0 Å². The molecule has 0 heterocycles. The van der Waals surface area contributed by atoms with Crippen LogP contribution in [0.3, 0.4) is 0 Å². The molecule has 0 unspecified atom stereocenters. The van der Waals surface area contributed by atoms with Crippen LogP contribution in [0, 0.1) is 0 Å². The van der Waals surface area contributed by atoms with Crippen LogP contribution in [0.4, 0.5) is 0 Å². The highest BCUT2D eigenvalue weighted by Gasteiger charge is 2.38. The van der Waals surface area contributed by atoms with Crippen molar-refractivity contribution in [1.29, 1.82) is 0 Å². The summed E-state index contributed by atoms with van der Waals surface area (Å²) >= 11 is 24.9. The van der Waals surface area contributed by atoms with Gasteiger partial charge < -0.3 is 0 Å². The lowest BCUT2D eigenvalue weighted by Gasteiger charge is -2.31. The minimum atomic E-state index is -2.38. The normalized spacial score (nSPS) is 11.5. The first-order valence-corrected chi connectivity index (χ1v) is 11.3. The van der Waals surface area contributed by atoms with Gasteiger partial charge in [-0.3, -0.25) is 0 Å². The molecule has 0 saturated carbocycles. The van der Waals surface area contributed by atoms with Gasteiger partial charge in [-0.25, -0.2) is 0 Å². The highest BCUT2D eigenvalue weighted by atomic mass is 35.5. The van der Waals surface area contributed by atoms with Gasteiger partial charge in [0.2, 0.25) is 0 Å². The molecule has 0 bridgehead atoms. The van der Waals surface area contributed by atoms with Crippen LogP contribution in [0.25, 0.3) is 0 Å². The largest absolute Gasteiger partial charge is 0.162 e. The van der Waals surface area contributed by atoms with Gasteiger partial charge in [0.15, 0.2) is 8.07 Å². The topological polar surface area (TPSA) is 0 Å². The van der Waals surface area contributed by atoms with Crippen molar-refractivity contribution < 1.29 is 0 Å². The molecule has 0 nitrogen and oxygen atoms in total. The molecule has 0 spiro atoms. The van der Waals surface area contributed by atoms with Gasteiger partial charge in [-0.15, -0.1) is 11.6 Å². The lowest BCUT2D eigenvalue weighted by atomic mass is 10.3. The van der Waals surface area contributed by atoms with E-state index >= 15 is 0 Å². The van der Waals surface area contributed by atoms with Crippen molar-refractivity contribution in [3.63, 3.8) is 0 Å². The average Bonchev–Trinajstić information content (AvgIpc) is 2.60. The highest BCUT2D eigenvalue weighted by molar-refractivity contribution is 7.14. The Kier molecular flexibility index (Phi) is 5.58. The molecule has 3 aromatic rings. The summed E-state index contributed by atoms with van der Waals surface area (Å²) in [6, 6.07) is 23.9. The first-order valence-electron chi connectivity index (χ1n) is 7.40. The van der Waals surface area contributed by atoms with Gasteiger partial charge in [0.25, 0.3) is 0 Å². The number of alkyl halides is 1. The van der Waals surface area contributed by atoms with Crippen LogP contribution in [0.1, 0.15) is 0 Å². The molecular formula is C19H14Cl4Si. The lowest BCUT2D eigenvalue weighted by Crippen LogP contribution is -2.69. The van der Waals surface area contributed by atoms with Crippen molar-refractivity contribution in [2.24, 2.45) is 0 Å².